The van der Waals surface area contributed by atoms with Crippen LogP contribution in [0.25, 0.3) is 17.0 Å². The Bertz CT molecular complexity index is 1270. The van der Waals surface area contributed by atoms with Crippen LogP contribution in [-0.4, -0.2) is 58.5 Å². The first-order valence-electron chi connectivity index (χ1n) is 11.8. The van der Waals surface area contributed by atoms with Gasteiger partial charge in [0.2, 0.25) is 0 Å². The van der Waals surface area contributed by atoms with Gasteiger partial charge < -0.3 is 19.7 Å². The number of aromatic nitrogens is 1. The van der Waals surface area contributed by atoms with Crippen LogP contribution in [0, 0.1) is 11.3 Å². The van der Waals surface area contributed by atoms with Crippen LogP contribution in [0.4, 0.5) is 17.2 Å². The van der Waals surface area contributed by atoms with E-state index < -0.39 is 5.91 Å². The number of hydrogen-bond acceptors (Lipinski definition) is 6. The molecule has 2 saturated heterocycles. The number of fused-ring (bicyclic) bond motifs is 1. The van der Waals surface area contributed by atoms with E-state index in [4.69, 9.17) is 9.47 Å². The number of nitrogens with zero attached hydrogens (tertiary/aromatic N) is 3. The maximum absolute atomic E-state index is 13.0. The lowest BCUT2D eigenvalue weighted by molar-refractivity contribution is -0.331. The summed E-state index contributed by atoms with van der Waals surface area (Å²) in [6.45, 7) is 5.87. The molecule has 0 aliphatic carbocycles. The molecule has 2 fully saturated rings. The monoisotopic (exact) mass is 470 g/mol. The fourth-order valence-electron chi connectivity index (χ4n) is 4.41. The molecule has 1 aromatic heterocycles. The molecular weight excluding hydrogens is 442 g/mol. The number of hydrogen-bond donors (Lipinski definition) is 1. The lowest BCUT2D eigenvalue weighted by Crippen LogP contribution is -2.40. The van der Waals surface area contributed by atoms with E-state index in [0.29, 0.717) is 32.1 Å². The van der Waals surface area contributed by atoms with Gasteiger partial charge in [0.15, 0.2) is 0 Å². The number of H-pyrrole nitrogens is 1. The van der Waals surface area contributed by atoms with E-state index in [2.05, 4.69) is 26.2 Å². The van der Waals surface area contributed by atoms with Crippen LogP contribution in [0.15, 0.2) is 60.2 Å². The number of para-hydroxylation sites is 1. The van der Waals surface area contributed by atoms with Crippen LogP contribution < -0.4 is 20.1 Å². The zero-order valence-corrected chi connectivity index (χ0v) is 19.5. The van der Waals surface area contributed by atoms with Crippen molar-refractivity contribution < 1.29 is 19.3 Å². The molecule has 35 heavy (non-hydrogen) atoms. The molecule has 0 atom stereocenters. The predicted octanol–water partition coefficient (Wildman–Crippen LogP) is 2.87. The van der Waals surface area contributed by atoms with Gasteiger partial charge in [0.1, 0.15) is 30.2 Å². The Morgan fingerprint density at radius 3 is 2.29 bits per heavy atom. The van der Waals surface area contributed by atoms with Crippen molar-refractivity contribution in [3.05, 3.63) is 65.7 Å². The van der Waals surface area contributed by atoms with Gasteiger partial charge in [-0.3, -0.25) is 9.69 Å². The maximum atomic E-state index is 13.0. The molecule has 2 N–H and O–H groups in total. The molecular formula is C27H28N5O3+. The Hall–Kier alpha value is -3.93. The Morgan fingerprint density at radius 1 is 0.943 bits per heavy atom. The summed E-state index contributed by atoms with van der Waals surface area (Å²) in [5, 5.41) is 13.7. The molecule has 8 heteroatoms. The van der Waals surface area contributed by atoms with Crippen molar-refractivity contribution in [3.63, 3.8) is 0 Å². The molecule has 2 aliphatic rings. The molecule has 2 aromatic carbocycles. The summed E-state index contributed by atoms with van der Waals surface area (Å²) in [5.74, 6) is 0.440. The van der Waals surface area contributed by atoms with Crippen molar-refractivity contribution in [2.45, 2.75) is 0 Å². The van der Waals surface area contributed by atoms with Gasteiger partial charge in [0.25, 0.3) is 11.7 Å². The molecule has 0 bridgehead atoms. The standard InChI is InChI=1S/C27H27N5O3/c28-19-22(27(33)29-23-5-7-24(8-6-23)31-9-13-34-14-10-31)18-21-17-20-3-1-2-4-25(20)30-26(21)32-11-15-35-16-12-32/h1-8,17-18H,9-16H2,(H,29,33)/p+1/b22-18+. The number of anilines is 3. The van der Waals surface area contributed by atoms with E-state index in [9.17, 15) is 10.1 Å². The second-order valence-electron chi connectivity index (χ2n) is 8.53. The number of morpholine rings is 2. The van der Waals surface area contributed by atoms with Crippen molar-refractivity contribution in [1.29, 1.82) is 5.26 Å². The highest BCUT2D eigenvalue weighted by atomic mass is 16.5. The number of nitrogens with one attached hydrogen (secondary N) is 2. The number of aromatic amines is 1. The van der Waals surface area contributed by atoms with Gasteiger partial charge in [-0.25, -0.2) is 4.98 Å². The Morgan fingerprint density at radius 2 is 1.60 bits per heavy atom. The van der Waals surface area contributed by atoms with E-state index in [1.165, 1.54) is 0 Å². The van der Waals surface area contributed by atoms with Crippen LogP contribution in [-0.2, 0) is 14.3 Å². The number of carbonyl (C=O) groups is 1. The van der Waals surface area contributed by atoms with Gasteiger partial charge in [0.05, 0.1) is 32.0 Å². The van der Waals surface area contributed by atoms with Gasteiger partial charge in [0, 0.05) is 29.9 Å². The zero-order chi connectivity index (χ0) is 24.0. The van der Waals surface area contributed by atoms with E-state index in [1.807, 2.05) is 54.6 Å². The van der Waals surface area contributed by atoms with E-state index in [-0.39, 0.29) is 5.57 Å². The summed E-state index contributed by atoms with van der Waals surface area (Å²) in [7, 11) is 0. The summed E-state index contributed by atoms with van der Waals surface area (Å²) >= 11 is 0. The van der Waals surface area contributed by atoms with E-state index in [1.54, 1.807) is 6.08 Å². The first-order chi connectivity index (χ1) is 17.2. The number of pyridine rings is 1. The summed E-state index contributed by atoms with van der Waals surface area (Å²) < 4.78 is 10.9. The summed E-state index contributed by atoms with van der Waals surface area (Å²) in [4.78, 5) is 20.9. The summed E-state index contributed by atoms with van der Waals surface area (Å²) in [6.07, 6.45) is 1.66. The van der Waals surface area contributed by atoms with Crippen LogP contribution >= 0.6 is 0 Å². The van der Waals surface area contributed by atoms with Gasteiger partial charge in [-0.1, -0.05) is 18.2 Å². The number of ether oxygens (including phenoxy) is 2. The minimum atomic E-state index is -0.437. The number of amides is 1. The third kappa shape index (κ3) is 5.27. The first-order valence-corrected chi connectivity index (χ1v) is 11.8. The highest BCUT2D eigenvalue weighted by Crippen LogP contribution is 2.24. The van der Waals surface area contributed by atoms with Crippen molar-refractivity contribution in [3.8, 4) is 6.07 Å². The van der Waals surface area contributed by atoms with Crippen molar-refractivity contribution in [2.75, 3.05) is 67.7 Å². The lowest BCUT2D eigenvalue weighted by Gasteiger charge is -2.28. The second kappa shape index (κ2) is 10.6. The molecule has 0 saturated carbocycles. The van der Waals surface area contributed by atoms with E-state index in [0.717, 1.165) is 54.2 Å². The van der Waals surface area contributed by atoms with Crippen molar-refractivity contribution in [2.24, 2.45) is 0 Å². The smallest absolute Gasteiger partial charge is 0.282 e. The molecule has 5 rings (SSSR count). The summed E-state index contributed by atoms with van der Waals surface area (Å²) in [5.41, 5.74) is 3.56. The van der Waals surface area contributed by atoms with Crippen molar-refractivity contribution in [1.82, 2.24) is 0 Å². The van der Waals surface area contributed by atoms with Crippen LogP contribution in [0.3, 0.4) is 0 Å². The Labute approximate surface area is 204 Å². The molecule has 1 amide bonds. The highest BCUT2D eigenvalue weighted by molar-refractivity contribution is 6.10. The van der Waals surface area contributed by atoms with Gasteiger partial charge in [-0.15, -0.1) is 0 Å². The van der Waals surface area contributed by atoms with Crippen LogP contribution in [0.5, 0.6) is 0 Å². The molecule has 3 heterocycles. The third-order valence-corrected chi connectivity index (χ3v) is 6.29. The van der Waals surface area contributed by atoms with Crippen LogP contribution in [0.2, 0.25) is 0 Å². The van der Waals surface area contributed by atoms with Gasteiger partial charge in [-0.05, 0) is 42.5 Å². The lowest BCUT2D eigenvalue weighted by atomic mass is 10.1. The average Bonchev–Trinajstić information content (AvgIpc) is 2.92. The molecule has 0 radical (unpaired) electrons. The molecule has 2 aliphatic heterocycles. The molecule has 178 valence electrons. The quantitative estimate of drug-likeness (QED) is 0.455. The normalized spacial score (nSPS) is 16.7. The second-order valence-corrected chi connectivity index (χ2v) is 8.53. The molecule has 3 aromatic rings. The Kier molecular flexibility index (Phi) is 6.89. The largest absolute Gasteiger partial charge is 0.378 e. The van der Waals surface area contributed by atoms with Crippen LogP contribution in [0.1, 0.15) is 5.56 Å². The minimum absolute atomic E-state index is 0.0421. The number of rotatable bonds is 5. The predicted molar refractivity (Wildman–Crippen MR) is 135 cm³/mol. The van der Waals surface area contributed by atoms with Gasteiger partial charge >= 0.3 is 0 Å². The Balaban J connectivity index is 1.40. The topological polar surface area (TPSA) is 92.0 Å². The summed E-state index contributed by atoms with van der Waals surface area (Å²) in [6, 6.07) is 19.8. The first kappa shape index (κ1) is 22.8. The zero-order valence-electron chi connectivity index (χ0n) is 19.5. The fraction of sp³-hybridized carbons (Fsp3) is 0.296. The fourth-order valence-corrected chi connectivity index (χ4v) is 4.41. The van der Waals surface area contributed by atoms with E-state index >= 15 is 0 Å². The minimum Gasteiger partial charge on any atom is -0.378 e. The third-order valence-electron chi connectivity index (χ3n) is 6.29. The van der Waals surface area contributed by atoms with Gasteiger partial charge in [-0.2, -0.15) is 5.26 Å². The van der Waals surface area contributed by atoms with Crippen molar-refractivity contribution >= 4 is 40.1 Å². The molecule has 8 nitrogen and oxygen atoms in total. The maximum Gasteiger partial charge on any atom is 0.282 e. The average molecular weight is 471 g/mol. The number of benzene rings is 2. The molecule has 0 spiro atoms. The number of carbonyl (C=O) groups excluding carboxylic acids is 1. The SMILES string of the molecule is N#C/C(=C\c1cc2ccccc2[nH+]c1N1CCOCC1)C(=O)Nc1ccc(N2CCOCC2)cc1. The number of nitriles is 1. The highest BCUT2D eigenvalue weighted by Gasteiger charge is 2.24. The molecule has 0 unspecified atom stereocenters.